The third-order valence-corrected chi connectivity index (χ3v) is 4.21. The van der Waals surface area contributed by atoms with Crippen LogP contribution in [0.15, 0.2) is 36.8 Å². The number of anilines is 1. The molecule has 0 radical (unpaired) electrons. The van der Waals surface area contributed by atoms with Crippen LogP contribution >= 0.6 is 11.6 Å². The summed E-state index contributed by atoms with van der Waals surface area (Å²) < 4.78 is 116. The van der Waals surface area contributed by atoms with Gasteiger partial charge < -0.3 is 0 Å². The van der Waals surface area contributed by atoms with Crippen LogP contribution in [0, 0.1) is 0 Å². The first-order chi connectivity index (χ1) is 15.1. The lowest BCUT2D eigenvalue weighted by atomic mass is 10.0. The Morgan fingerprint density at radius 1 is 0.818 bits per heavy atom. The Morgan fingerprint density at radius 2 is 1.36 bits per heavy atom. The normalized spacial score (nSPS) is 12.7. The largest absolute Gasteiger partial charge is 0.417 e. The predicted molar refractivity (Wildman–Crippen MR) is 93.6 cm³/mol. The monoisotopic (exact) mass is 503 g/mol. The number of amides is 1. The summed E-state index contributed by atoms with van der Waals surface area (Å²) in [6, 6.07) is 0.804. The van der Waals surface area contributed by atoms with Crippen LogP contribution in [0.2, 0.25) is 5.02 Å². The number of carbonyl (C=O) groups is 1. The number of hydrogen-bond donors (Lipinski definition) is 1. The molecule has 6 nitrogen and oxygen atoms in total. The van der Waals surface area contributed by atoms with Crippen LogP contribution in [0.4, 0.5) is 45.5 Å². The molecule has 33 heavy (non-hydrogen) atoms. The molecule has 3 aromatic rings. The number of nitrogens with zero attached hydrogens (tertiary/aromatic N) is 4. The summed E-state index contributed by atoms with van der Waals surface area (Å²) >= 11 is 5.75. The topological polar surface area (TPSA) is 72.7 Å². The van der Waals surface area contributed by atoms with Gasteiger partial charge in [0.15, 0.2) is 5.82 Å². The van der Waals surface area contributed by atoms with E-state index < -0.39 is 57.7 Å². The highest BCUT2D eigenvalue weighted by Crippen LogP contribution is 2.36. The van der Waals surface area contributed by atoms with Gasteiger partial charge in [-0.2, -0.15) is 49.2 Å². The van der Waals surface area contributed by atoms with Crippen LogP contribution in [0.25, 0.3) is 5.82 Å². The highest BCUT2D eigenvalue weighted by atomic mass is 35.5. The molecule has 1 aromatic carbocycles. The van der Waals surface area contributed by atoms with Crippen molar-refractivity contribution >= 4 is 23.5 Å². The zero-order valence-corrected chi connectivity index (χ0v) is 16.2. The molecule has 0 aliphatic heterocycles. The SMILES string of the molecule is O=C(Nc1ncn(-c2ncc(C(F)(F)F)cc2Cl)n1)c1cc(C(F)(F)F)cc(C(F)(F)F)c1. The molecule has 176 valence electrons. The minimum atomic E-state index is -5.17. The second kappa shape index (κ2) is 8.20. The molecule has 0 unspecified atom stereocenters. The zero-order chi connectivity index (χ0) is 24.8. The first-order valence-corrected chi connectivity index (χ1v) is 8.69. The molecule has 2 heterocycles. The van der Waals surface area contributed by atoms with E-state index in [4.69, 9.17) is 11.6 Å². The molecular formula is C17H7ClF9N5O. The third-order valence-electron chi connectivity index (χ3n) is 3.93. The number of pyridine rings is 1. The number of hydrogen-bond acceptors (Lipinski definition) is 4. The molecule has 3 rings (SSSR count). The highest BCUT2D eigenvalue weighted by Gasteiger charge is 2.37. The van der Waals surface area contributed by atoms with Gasteiger partial charge in [0, 0.05) is 11.8 Å². The molecule has 0 saturated heterocycles. The number of halogens is 10. The number of benzene rings is 1. The van der Waals surface area contributed by atoms with Gasteiger partial charge in [-0.15, -0.1) is 5.10 Å². The fourth-order valence-corrected chi connectivity index (χ4v) is 2.69. The van der Waals surface area contributed by atoms with Crippen LogP contribution in [-0.4, -0.2) is 25.7 Å². The fourth-order valence-electron chi connectivity index (χ4n) is 2.44. The molecule has 0 saturated carbocycles. The van der Waals surface area contributed by atoms with E-state index in [2.05, 4.69) is 15.1 Å². The van der Waals surface area contributed by atoms with Crippen molar-refractivity contribution in [3.05, 3.63) is 64.1 Å². The minimum absolute atomic E-state index is 0.151. The lowest BCUT2D eigenvalue weighted by molar-refractivity contribution is -0.143. The second-order valence-corrected chi connectivity index (χ2v) is 6.70. The van der Waals surface area contributed by atoms with Crippen molar-refractivity contribution in [1.29, 1.82) is 0 Å². The molecule has 1 amide bonds. The molecule has 0 fully saturated rings. The van der Waals surface area contributed by atoms with Crippen molar-refractivity contribution < 1.29 is 44.3 Å². The van der Waals surface area contributed by atoms with Gasteiger partial charge in [-0.05, 0) is 24.3 Å². The first-order valence-electron chi connectivity index (χ1n) is 8.31. The smallest absolute Gasteiger partial charge is 0.289 e. The molecule has 0 bridgehead atoms. The van der Waals surface area contributed by atoms with E-state index >= 15 is 0 Å². The lowest BCUT2D eigenvalue weighted by Crippen LogP contribution is -2.18. The summed E-state index contributed by atoms with van der Waals surface area (Å²) in [5.74, 6) is -2.34. The van der Waals surface area contributed by atoms with Crippen molar-refractivity contribution in [1.82, 2.24) is 19.7 Å². The van der Waals surface area contributed by atoms with E-state index in [-0.39, 0.29) is 24.0 Å². The Labute approximate surface area is 182 Å². The zero-order valence-electron chi connectivity index (χ0n) is 15.4. The van der Waals surface area contributed by atoms with Crippen molar-refractivity contribution in [2.24, 2.45) is 0 Å². The Kier molecular flexibility index (Phi) is 6.04. The fraction of sp³-hybridized carbons (Fsp3) is 0.176. The summed E-state index contributed by atoms with van der Waals surface area (Å²) in [4.78, 5) is 19.3. The maximum absolute atomic E-state index is 12.9. The molecule has 16 heteroatoms. The minimum Gasteiger partial charge on any atom is -0.289 e. The van der Waals surface area contributed by atoms with Gasteiger partial charge in [0.2, 0.25) is 5.95 Å². The number of rotatable bonds is 3. The van der Waals surface area contributed by atoms with Crippen LogP contribution in [0.1, 0.15) is 27.0 Å². The predicted octanol–water partition coefficient (Wildman–Crippen LogP) is 5.62. The molecule has 0 atom stereocenters. The standard InChI is InChI=1S/C17H7ClF9N5O/c18-11-4-10(17(25,26)27)5-28-12(11)32-6-29-14(31-32)30-13(33)7-1-8(15(19,20)21)3-9(2-7)16(22,23)24/h1-6H,(H,30,31,33). The van der Waals surface area contributed by atoms with E-state index in [1.807, 2.05) is 5.32 Å². The van der Waals surface area contributed by atoms with E-state index in [1.54, 1.807) is 0 Å². The molecular weight excluding hydrogens is 497 g/mol. The first kappa shape index (κ1) is 24.3. The Bertz CT molecular complexity index is 1170. The van der Waals surface area contributed by atoms with E-state index in [9.17, 15) is 44.3 Å². The average molecular weight is 504 g/mol. The van der Waals surface area contributed by atoms with Crippen molar-refractivity contribution in [3.8, 4) is 5.82 Å². The van der Waals surface area contributed by atoms with Crippen molar-refractivity contribution in [2.45, 2.75) is 18.5 Å². The number of nitrogens with one attached hydrogen (secondary N) is 1. The number of alkyl halides is 9. The van der Waals surface area contributed by atoms with Crippen LogP contribution in [0.3, 0.4) is 0 Å². The van der Waals surface area contributed by atoms with E-state index in [1.165, 1.54) is 0 Å². The third kappa shape index (κ3) is 5.53. The Morgan fingerprint density at radius 3 is 1.85 bits per heavy atom. The number of aromatic nitrogens is 4. The summed E-state index contributed by atoms with van der Waals surface area (Å²) in [6.45, 7) is 0. The number of carbonyl (C=O) groups excluding carboxylic acids is 1. The van der Waals surface area contributed by atoms with Gasteiger partial charge in [0.05, 0.1) is 21.7 Å². The van der Waals surface area contributed by atoms with Crippen LogP contribution in [0.5, 0.6) is 0 Å². The quantitative estimate of drug-likeness (QED) is 0.471. The van der Waals surface area contributed by atoms with Crippen molar-refractivity contribution in [2.75, 3.05) is 5.32 Å². The highest BCUT2D eigenvalue weighted by molar-refractivity contribution is 6.32. The second-order valence-electron chi connectivity index (χ2n) is 6.29. The van der Waals surface area contributed by atoms with Crippen molar-refractivity contribution in [3.63, 3.8) is 0 Å². The summed E-state index contributed by atoms with van der Waals surface area (Å²) in [5.41, 5.74) is -5.56. The van der Waals surface area contributed by atoms with Gasteiger partial charge in [0.25, 0.3) is 5.91 Å². The Balaban J connectivity index is 1.89. The molecule has 2 aromatic heterocycles. The summed E-state index contributed by atoms with van der Waals surface area (Å²) in [7, 11) is 0. The molecule has 0 spiro atoms. The molecule has 0 aliphatic carbocycles. The van der Waals surface area contributed by atoms with E-state index in [0.717, 1.165) is 11.0 Å². The van der Waals surface area contributed by atoms with Gasteiger partial charge in [-0.25, -0.2) is 4.98 Å². The van der Waals surface area contributed by atoms with Gasteiger partial charge in [-0.3, -0.25) is 10.1 Å². The van der Waals surface area contributed by atoms with Gasteiger partial charge >= 0.3 is 18.5 Å². The maximum Gasteiger partial charge on any atom is 0.417 e. The van der Waals surface area contributed by atoms with E-state index in [0.29, 0.717) is 12.3 Å². The van der Waals surface area contributed by atoms with Gasteiger partial charge in [-0.1, -0.05) is 11.6 Å². The molecule has 1 N–H and O–H groups in total. The summed E-state index contributed by atoms with van der Waals surface area (Å²) in [6.07, 6.45) is -13.8. The van der Waals surface area contributed by atoms with Crippen LogP contribution < -0.4 is 5.32 Å². The summed E-state index contributed by atoms with van der Waals surface area (Å²) in [5, 5.41) is 5.04. The maximum atomic E-state index is 12.9. The lowest BCUT2D eigenvalue weighted by Gasteiger charge is -2.13. The molecule has 0 aliphatic rings. The average Bonchev–Trinajstić information content (AvgIpc) is 3.13. The Hall–Kier alpha value is -3.36. The van der Waals surface area contributed by atoms with Crippen LogP contribution in [-0.2, 0) is 18.5 Å². The van der Waals surface area contributed by atoms with Gasteiger partial charge in [0.1, 0.15) is 6.33 Å².